The normalized spacial score (nSPS) is 11.2. The highest BCUT2D eigenvalue weighted by atomic mass is 32.2. The van der Waals surface area contributed by atoms with Crippen molar-refractivity contribution in [2.75, 3.05) is 5.75 Å². The molecule has 2 heterocycles. The molecule has 0 fully saturated rings. The molecule has 0 bridgehead atoms. The van der Waals surface area contributed by atoms with Crippen LogP contribution in [0, 0.1) is 0 Å². The van der Waals surface area contributed by atoms with E-state index in [4.69, 9.17) is 5.11 Å². The summed E-state index contributed by atoms with van der Waals surface area (Å²) in [5.74, 6) is -1.15. The van der Waals surface area contributed by atoms with E-state index in [0.29, 0.717) is 23.8 Å². The first-order valence-corrected chi connectivity index (χ1v) is 8.93. The zero-order valence-electron chi connectivity index (χ0n) is 14.4. The molecular formula is C17H18N4O4S. The summed E-state index contributed by atoms with van der Waals surface area (Å²) < 4.78 is 4.13. The van der Waals surface area contributed by atoms with Gasteiger partial charge in [0.2, 0.25) is 0 Å². The van der Waals surface area contributed by atoms with Gasteiger partial charge in [-0.05, 0) is 12.0 Å². The molecule has 0 amide bonds. The number of rotatable bonds is 6. The minimum atomic E-state index is -0.974. The third-order valence-corrected chi connectivity index (χ3v) is 5.06. The van der Waals surface area contributed by atoms with Gasteiger partial charge in [0.25, 0.3) is 5.56 Å². The third-order valence-electron chi connectivity index (χ3n) is 4.10. The van der Waals surface area contributed by atoms with E-state index in [1.54, 1.807) is 11.6 Å². The molecule has 9 heteroatoms. The van der Waals surface area contributed by atoms with Gasteiger partial charge in [0.1, 0.15) is 0 Å². The summed E-state index contributed by atoms with van der Waals surface area (Å²) in [4.78, 5) is 40.0. The third kappa shape index (κ3) is 3.30. The van der Waals surface area contributed by atoms with E-state index in [0.717, 1.165) is 21.9 Å². The molecule has 0 aliphatic rings. The van der Waals surface area contributed by atoms with Gasteiger partial charge in [-0.2, -0.15) is 0 Å². The number of aryl methyl sites for hydroxylation is 3. The first kappa shape index (κ1) is 18.0. The zero-order chi connectivity index (χ0) is 18.8. The lowest BCUT2D eigenvalue weighted by Crippen LogP contribution is -2.37. The van der Waals surface area contributed by atoms with Crippen LogP contribution in [0.4, 0.5) is 0 Å². The summed E-state index contributed by atoms with van der Waals surface area (Å²) in [7, 11) is 2.98. The summed E-state index contributed by atoms with van der Waals surface area (Å²) >= 11 is 1.03. The van der Waals surface area contributed by atoms with E-state index >= 15 is 0 Å². The fourth-order valence-electron chi connectivity index (χ4n) is 2.79. The number of benzene rings is 1. The summed E-state index contributed by atoms with van der Waals surface area (Å²) in [5, 5.41) is 9.38. The highest BCUT2D eigenvalue weighted by molar-refractivity contribution is 7.99. The van der Waals surface area contributed by atoms with Crippen molar-refractivity contribution in [3.63, 3.8) is 0 Å². The average Bonchev–Trinajstić information content (AvgIpc) is 3.00. The number of aliphatic carboxylic acids is 1. The van der Waals surface area contributed by atoms with Gasteiger partial charge in [-0.1, -0.05) is 42.1 Å². The number of hydrogen-bond donors (Lipinski definition) is 1. The van der Waals surface area contributed by atoms with Crippen LogP contribution in [0.1, 0.15) is 5.56 Å². The Morgan fingerprint density at radius 2 is 1.85 bits per heavy atom. The van der Waals surface area contributed by atoms with Crippen molar-refractivity contribution < 1.29 is 9.90 Å². The lowest BCUT2D eigenvalue weighted by Gasteiger charge is -2.11. The van der Waals surface area contributed by atoms with Crippen molar-refractivity contribution in [3.8, 4) is 0 Å². The second-order valence-corrected chi connectivity index (χ2v) is 6.78. The van der Waals surface area contributed by atoms with Crippen LogP contribution >= 0.6 is 11.8 Å². The van der Waals surface area contributed by atoms with Crippen LogP contribution in [0.3, 0.4) is 0 Å². The van der Waals surface area contributed by atoms with E-state index < -0.39 is 17.2 Å². The lowest BCUT2D eigenvalue weighted by molar-refractivity contribution is -0.133. The van der Waals surface area contributed by atoms with Crippen LogP contribution in [0.5, 0.6) is 0 Å². The number of imidazole rings is 1. The highest BCUT2D eigenvalue weighted by Crippen LogP contribution is 2.22. The number of thioether (sulfide) groups is 1. The van der Waals surface area contributed by atoms with Crippen LogP contribution in [0.2, 0.25) is 0 Å². The molecular weight excluding hydrogens is 356 g/mol. The SMILES string of the molecule is Cn1c(=O)c2nc(SCC(=O)O)n(CCc3ccccc3)c2n(C)c1=O. The quantitative estimate of drug-likeness (QED) is 0.643. The summed E-state index contributed by atoms with van der Waals surface area (Å²) in [6.45, 7) is 0.475. The summed E-state index contributed by atoms with van der Waals surface area (Å²) in [5.41, 5.74) is 0.728. The molecule has 0 saturated carbocycles. The summed E-state index contributed by atoms with van der Waals surface area (Å²) in [6.07, 6.45) is 0.663. The van der Waals surface area contributed by atoms with E-state index in [-0.39, 0.29) is 11.3 Å². The Labute approximate surface area is 152 Å². The van der Waals surface area contributed by atoms with Gasteiger partial charge in [-0.15, -0.1) is 0 Å². The van der Waals surface area contributed by atoms with E-state index in [9.17, 15) is 14.4 Å². The van der Waals surface area contributed by atoms with Crippen molar-refractivity contribution in [1.82, 2.24) is 18.7 Å². The number of aromatic nitrogens is 4. The number of carboxylic acid groups (broad SMARTS) is 1. The topological polar surface area (TPSA) is 99.1 Å². The molecule has 0 radical (unpaired) electrons. The molecule has 0 aliphatic heterocycles. The highest BCUT2D eigenvalue weighted by Gasteiger charge is 2.19. The molecule has 3 rings (SSSR count). The molecule has 1 aromatic carbocycles. The lowest BCUT2D eigenvalue weighted by atomic mass is 10.1. The van der Waals surface area contributed by atoms with Gasteiger partial charge in [-0.3, -0.25) is 18.7 Å². The molecule has 136 valence electrons. The Hall–Kier alpha value is -2.81. The van der Waals surface area contributed by atoms with E-state index in [1.807, 2.05) is 30.3 Å². The largest absolute Gasteiger partial charge is 0.481 e. The molecule has 0 saturated heterocycles. The fourth-order valence-corrected chi connectivity index (χ4v) is 3.53. The molecule has 26 heavy (non-hydrogen) atoms. The van der Waals surface area contributed by atoms with Crippen molar-refractivity contribution in [3.05, 3.63) is 56.7 Å². The second kappa shape index (κ2) is 7.20. The van der Waals surface area contributed by atoms with Gasteiger partial charge < -0.3 is 9.67 Å². The molecule has 3 aromatic rings. The zero-order valence-corrected chi connectivity index (χ0v) is 15.2. The number of fused-ring (bicyclic) bond motifs is 1. The number of nitrogens with zero attached hydrogens (tertiary/aromatic N) is 4. The minimum absolute atomic E-state index is 0.163. The van der Waals surface area contributed by atoms with Crippen LogP contribution in [0.15, 0.2) is 45.1 Å². The maximum absolute atomic E-state index is 12.4. The first-order valence-electron chi connectivity index (χ1n) is 7.95. The Kier molecular flexibility index (Phi) is 4.99. The van der Waals surface area contributed by atoms with Gasteiger partial charge in [-0.25, -0.2) is 9.78 Å². The van der Waals surface area contributed by atoms with E-state index in [1.165, 1.54) is 11.6 Å². The van der Waals surface area contributed by atoms with Crippen LogP contribution in [-0.4, -0.2) is 35.5 Å². The van der Waals surface area contributed by atoms with Crippen molar-refractivity contribution in [2.24, 2.45) is 14.1 Å². The van der Waals surface area contributed by atoms with E-state index in [2.05, 4.69) is 4.98 Å². The number of hydrogen-bond acceptors (Lipinski definition) is 5. The fraction of sp³-hybridized carbons (Fsp3) is 0.294. The molecule has 1 N–H and O–H groups in total. The maximum Gasteiger partial charge on any atom is 0.332 e. The maximum atomic E-state index is 12.4. The standard InChI is InChI=1S/C17H18N4O4S/c1-19-14-13(15(24)20(2)17(19)25)18-16(26-10-12(22)23)21(14)9-8-11-6-4-3-5-7-11/h3-7H,8-10H2,1-2H3,(H,22,23). The minimum Gasteiger partial charge on any atom is -0.481 e. The van der Waals surface area contributed by atoms with Crippen molar-refractivity contribution >= 4 is 28.9 Å². The van der Waals surface area contributed by atoms with Crippen molar-refractivity contribution in [1.29, 1.82) is 0 Å². The number of carbonyl (C=O) groups is 1. The summed E-state index contributed by atoms with van der Waals surface area (Å²) in [6, 6.07) is 9.78. The smallest absolute Gasteiger partial charge is 0.332 e. The first-order chi connectivity index (χ1) is 12.4. The molecule has 0 unspecified atom stereocenters. The molecule has 0 atom stereocenters. The molecule has 8 nitrogen and oxygen atoms in total. The van der Waals surface area contributed by atoms with Crippen LogP contribution in [0.25, 0.3) is 11.2 Å². The van der Waals surface area contributed by atoms with Gasteiger partial charge >= 0.3 is 11.7 Å². The average molecular weight is 374 g/mol. The Bertz CT molecular complexity index is 1080. The molecule has 2 aromatic heterocycles. The van der Waals surface area contributed by atoms with Crippen LogP contribution < -0.4 is 11.2 Å². The molecule has 0 aliphatic carbocycles. The second-order valence-electron chi connectivity index (χ2n) is 5.84. The Balaban J connectivity index is 2.13. The monoisotopic (exact) mass is 374 g/mol. The van der Waals surface area contributed by atoms with Gasteiger partial charge in [0.15, 0.2) is 16.3 Å². The van der Waals surface area contributed by atoms with Crippen LogP contribution in [-0.2, 0) is 31.9 Å². The van der Waals surface area contributed by atoms with Crippen molar-refractivity contribution in [2.45, 2.75) is 18.1 Å². The predicted octanol–water partition coefficient (Wildman–Crippen LogP) is 0.853. The molecule has 0 spiro atoms. The Morgan fingerprint density at radius 1 is 1.15 bits per heavy atom. The Morgan fingerprint density at radius 3 is 2.50 bits per heavy atom. The van der Waals surface area contributed by atoms with Gasteiger partial charge in [0.05, 0.1) is 5.75 Å². The van der Waals surface area contributed by atoms with Gasteiger partial charge in [0, 0.05) is 20.6 Å². The number of carboxylic acids is 1. The predicted molar refractivity (Wildman–Crippen MR) is 98.7 cm³/mol.